The lowest BCUT2D eigenvalue weighted by Crippen LogP contribution is -2.06. The lowest BCUT2D eigenvalue weighted by Gasteiger charge is -2.02. The molecule has 1 heterocycles. The van der Waals surface area contributed by atoms with E-state index in [1.807, 2.05) is 24.3 Å². The second-order valence-electron chi connectivity index (χ2n) is 3.22. The minimum absolute atomic E-state index is 0.318. The van der Waals surface area contributed by atoms with Gasteiger partial charge in [0.2, 0.25) is 5.95 Å². The maximum Gasteiger partial charge on any atom is 0.240 e. The fourth-order valence-corrected chi connectivity index (χ4v) is 1.28. The highest BCUT2D eigenvalue weighted by molar-refractivity contribution is 5.23. The summed E-state index contributed by atoms with van der Waals surface area (Å²) in [5, 5.41) is 10.8. The first-order valence-corrected chi connectivity index (χ1v) is 4.59. The molecule has 0 spiro atoms. The van der Waals surface area contributed by atoms with Crippen molar-refractivity contribution in [2.24, 2.45) is 5.73 Å². The Morgan fingerprint density at radius 3 is 2.33 bits per heavy atom. The summed E-state index contributed by atoms with van der Waals surface area (Å²) in [4.78, 5) is 0. The van der Waals surface area contributed by atoms with Gasteiger partial charge in [0, 0.05) is 6.54 Å². The number of benzene rings is 1. The zero-order valence-electron chi connectivity index (χ0n) is 8.17. The van der Waals surface area contributed by atoms with E-state index in [1.54, 1.807) is 0 Å². The van der Waals surface area contributed by atoms with Crippen LogP contribution in [0.15, 0.2) is 24.3 Å². The third-order valence-electron chi connectivity index (χ3n) is 2.15. The minimum Gasteiger partial charge on any atom is -0.367 e. The van der Waals surface area contributed by atoms with Gasteiger partial charge in [-0.05, 0) is 21.6 Å². The summed E-state index contributed by atoms with van der Waals surface area (Å²) in [6, 6.07) is 7.94. The quantitative estimate of drug-likeness (QED) is 0.719. The van der Waals surface area contributed by atoms with Crippen LogP contribution >= 0.6 is 0 Å². The number of nitrogens with two attached hydrogens (primary N) is 2. The van der Waals surface area contributed by atoms with E-state index in [0.29, 0.717) is 19.0 Å². The predicted molar refractivity (Wildman–Crippen MR) is 55.7 cm³/mol. The summed E-state index contributed by atoms with van der Waals surface area (Å²) < 4.78 is 1.54. The standard InChI is InChI=1S/C9H12N6/c10-5-7-1-3-8(4-2-7)6-15-9(11)12-13-14-15/h1-4H,5-6,10H2,(H2,11,12,14). The number of tetrazole rings is 1. The Balaban J connectivity index is 2.14. The smallest absolute Gasteiger partial charge is 0.240 e. The molecule has 0 bridgehead atoms. The molecule has 1 aromatic carbocycles. The number of aromatic nitrogens is 4. The fourth-order valence-electron chi connectivity index (χ4n) is 1.28. The molecule has 0 saturated carbocycles. The Hall–Kier alpha value is -1.95. The first-order chi connectivity index (χ1) is 7.29. The molecular weight excluding hydrogens is 192 g/mol. The van der Waals surface area contributed by atoms with Crippen LogP contribution < -0.4 is 11.5 Å². The first-order valence-electron chi connectivity index (χ1n) is 4.59. The van der Waals surface area contributed by atoms with Crippen LogP contribution in [0.25, 0.3) is 0 Å². The van der Waals surface area contributed by atoms with Crippen LogP contribution in [0.4, 0.5) is 5.95 Å². The third kappa shape index (κ3) is 2.10. The minimum atomic E-state index is 0.318. The van der Waals surface area contributed by atoms with Crippen molar-refractivity contribution in [3.8, 4) is 0 Å². The second kappa shape index (κ2) is 4.05. The first kappa shape index (κ1) is 9.60. The molecule has 0 aliphatic rings. The summed E-state index contributed by atoms with van der Waals surface area (Å²) in [5.74, 6) is 0.318. The van der Waals surface area contributed by atoms with Crippen molar-refractivity contribution in [2.45, 2.75) is 13.1 Å². The molecule has 0 unspecified atom stereocenters. The molecule has 6 heteroatoms. The van der Waals surface area contributed by atoms with E-state index in [2.05, 4.69) is 15.5 Å². The van der Waals surface area contributed by atoms with E-state index >= 15 is 0 Å². The van der Waals surface area contributed by atoms with Crippen molar-refractivity contribution in [3.05, 3.63) is 35.4 Å². The number of nitrogen functional groups attached to an aromatic ring is 1. The predicted octanol–water partition coefficient (Wildman–Crippen LogP) is -0.238. The van der Waals surface area contributed by atoms with Crippen LogP contribution in [0.3, 0.4) is 0 Å². The molecular formula is C9H12N6. The van der Waals surface area contributed by atoms with Crippen LogP contribution in [0.1, 0.15) is 11.1 Å². The van der Waals surface area contributed by atoms with Gasteiger partial charge >= 0.3 is 0 Å². The number of hydrogen-bond acceptors (Lipinski definition) is 5. The number of hydrogen-bond donors (Lipinski definition) is 2. The van der Waals surface area contributed by atoms with Gasteiger partial charge in [0.1, 0.15) is 0 Å². The lowest BCUT2D eigenvalue weighted by atomic mass is 10.1. The number of anilines is 1. The molecule has 0 atom stereocenters. The average molecular weight is 204 g/mol. The number of nitrogens with zero attached hydrogens (tertiary/aromatic N) is 4. The molecule has 2 aromatic rings. The Morgan fingerprint density at radius 1 is 1.13 bits per heavy atom. The molecule has 0 radical (unpaired) electrons. The normalized spacial score (nSPS) is 10.5. The zero-order valence-corrected chi connectivity index (χ0v) is 8.17. The van der Waals surface area contributed by atoms with E-state index in [-0.39, 0.29) is 0 Å². The van der Waals surface area contributed by atoms with E-state index < -0.39 is 0 Å². The van der Waals surface area contributed by atoms with Gasteiger partial charge in [-0.2, -0.15) is 0 Å². The molecule has 2 rings (SSSR count). The van der Waals surface area contributed by atoms with Crippen molar-refractivity contribution in [1.82, 2.24) is 20.2 Å². The topological polar surface area (TPSA) is 95.6 Å². The van der Waals surface area contributed by atoms with Crippen molar-refractivity contribution >= 4 is 5.95 Å². The molecule has 0 aliphatic carbocycles. The van der Waals surface area contributed by atoms with Crippen molar-refractivity contribution in [1.29, 1.82) is 0 Å². The average Bonchev–Trinajstić information content (AvgIpc) is 2.66. The molecule has 0 aliphatic heterocycles. The van der Waals surface area contributed by atoms with Crippen molar-refractivity contribution < 1.29 is 0 Å². The monoisotopic (exact) mass is 204 g/mol. The highest BCUT2D eigenvalue weighted by Gasteiger charge is 2.01. The summed E-state index contributed by atoms with van der Waals surface area (Å²) in [6.07, 6.45) is 0. The molecule has 4 N–H and O–H groups in total. The van der Waals surface area contributed by atoms with Gasteiger partial charge in [0.05, 0.1) is 6.54 Å². The van der Waals surface area contributed by atoms with Crippen molar-refractivity contribution in [2.75, 3.05) is 5.73 Å². The highest BCUT2D eigenvalue weighted by atomic mass is 15.6. The maximum atomic E-state index is 5.55. The van der Waals surface area contributed by atoms with Gasteiger partial charge in [-0.15, -0.1) is 0 Å². The fraction of sp³-hybridized carbons (Fsp3) is 0.222. The van der Waals surface area contributed by atoms with Crippen LogP contribution in [-0.2, 0) is 13.1 Å². The molecule has 78 valence electrons. The summed E-state index contributed by atoms with van der Waals surface area (Å²) in [6.45, 7) is 1.12. The zero-order chi connectivity index (χ0) is 10.7. The highest BCUT2D eigenvalue weighted by Crippen LogP contribution is 2.06. The molecule has 0 fully saturated rings. The third-order valence-corrected chi connectivity index (χ3v) is 2.15. The summed E-state index contributed by atoms with van der Waals surface area (Å²) in [5.41, 5.74) is 13.2. The molecule has 6 nitrogen and oxygen atoms in total. The molecule has 0 amide bonds. The Kier molecular flexibility index (Phi) is 2.59. The van der Waals surface area contributed by atoms with Crippen molar-refractivity contribution in [3.63, 3.8) is 0 Å². The maximum absolute atomic E-state index is 5.55. The van der Waals surface area contributed by atoms with E-state index in [1.165, 1.54) is 4.68 Å². The van der Waals surface area contributed by atoms with Gasteiger partial charge < -0.3 is 11.5 Å². The van der Waals surface area contributed by atoms with Crippen LogP contribution in [-0.4, -0.2) is 20.2 Å². The lowest BCUT2D eigenvalue weighted by molar-refractivity contribution is 0.655. The van der Waals surface area contributed by atoms with Gasteiger partial charge in [-0.3, -0.25) is 0 Å². The van der Waals surface area contributed by atoms with Gasteiger partial charge in [0.25, 0.3) is 0 Å². The van der Waals surface area contributed by atoms with Crippen LogP contribution in [0.2, 0.25) is 0 Å². The van der Waals surface area contributed by atoms with E-state index in [0.717, 1.165) is 11.1 Å². The van der Waals surface area contributed by atoms with E-state index in [9.17, 15) is 0 Å². The van der Waals surface area contributed by atoms with Crippen LogP contribution in [0, 0.1) is 0 Å². The SMILES string of the molecule is NCc1ccc(Cn2nnnc2N)cc1. The second-order valence-corrected chi connectivity index (χ2v) is 3.22. The Morgan fingerprint density at radius 2 is 1.80 bits per heavy atom. The Bertz CT molecular complexity index is 432. The molecule has 0 saturated heterocycles. The van der Waals surface area contributed by atoms with Gasteiger partial charge in [-0.1, -0.05) is 29.4 Å². The number of rotatable bonds is 3. The van der Waals surface area contributed by atoms with Crippen LogP contribution in [0.5, 0.6) is 0 Å². The molecule has 1 aromatic heterocycles. The Labute approximate surface area is 86.9 Å². The summed E-state index contributed by atoms with van der Waals surface area (Å²) >= 11 is 0. The van der Waals surface area contributed by atoms with Gasteiger partial charge in [0.15, 0.2) is 0 Å². The largest absolute Gasteiger partial charge is 0.367 e. The molecule has 15 heavy (non-hydrogen) atoms. The summed E-state index contributed by atoms with van der Waals surface area (Å²) in [7, 11) is 0. The van der Waals surface area contributed by atoms with Gasteiger partial charge in [-0.25, -0.2) is 4.68 Å². The van der Waals surface area contributed by atoms with E-state index in [4.69, 9.17) is 11.5 Å².